The van der Waals surface area contributed by atoms with Crippen LogP contribution in [0.5, 0.6) is 11.5 Å². The van der Waals surface area contributed by atoms with E-state index in [4.69, 9.17) is 4.74 Å². The zero-order valence-electron chi connectivity index (χ0n) is 7.74. The van der Waals surface area contributed by atoms with Gasteiger partial charge in [0, 0.05) is 6.07 Å². The highest BCUT2D eigenvalue weighted by Crippen LogP contribution is 2.32. The molecule has 15 heavy (non-hydrogen) atoms. The number of hydrogen-bond donors (Lipinski definition) is 0. The van der Waals surface area contributed by atoms with E-state index in [9.17, 15) is 13.6 Å². The summed E-state index contributed by atoms with van der Waals surface area (Å²) in [5, 5.41) is 0. The Hall–Kier alpha value is -1.94. The van der Waals surface area contributed by atoms with Crippen LogP contribution in [-0.2, 0) is 4.79 Å². The molecule has 1 aromatic carbocycles. The largest absolute Gasteiger partial charge is 0.497 e. The standard InChI is InChI=1S/C9H7F2NO3/c1-14-6-2-3-8(15-9(10)11)7(4-6)12-5-13/h2-4,9H,1H3. The van der Waals surface area contributed by atoms with E-state index in [-0.39, 0.29) is 11.4 Å². The molecule has 1 rings (SSSR count). The summed E-state index contributed by atoms with van der Waals surface area (Å²) in [6.45, 7) is -2.97. The van der Waals surface area contributed by atoms with Crippen LogP contribution in [0, 0.1) is 0 Å². The van der Waals surface area contributed by atoms with Crippen LogP contribution in [0.3, 0.4) is 0 Å². The molecule has 0 aliphatic rings. The molecule has 0 amide bonds. The average molecular weight is 215 g/mol. The van der Waals surface area contributed by atoms with Crippen LogP contribution < -0.4 is 9.47 Å². The molecule has 0 N–H and O–H groups in total. The minimum atomic E-state index is -2.97. The lowest BCUT2D eigenvalue weighted by atomic mass is 10.3. The van der Waals surface area contributed by atoms with Crippen molar-refractivity contribution in [2.75, 3.05) is 7.11 Å². The third-order valence-electron chi connectivity index (χ3n) is 1.55. The Kier molecular flexibility index (Phi) is 3.76. The summed E-state index contributed by atoms with van der Waals surface area (Å²) in [6, 6.07) is 3.95. The molecule has 0 atom stereocenters. The van der Waals surface area contributed by atoms with E-state index in [2.05, 4.69) is 9.73 Å². The molecule has 0 radical (unpaired) electrons. The van der Waals surface area contributed by atoms with E-state index in [1.165, 1.54) is 31.4 Å². The summed E-state index contributed by atoms with van der Waals surface area (Å²) in [5.41, 5.74) is -0.0512. The normalized spacial score (nSPS) is 9.60. The fourth-order valence-electron chi connectivity index (χ4n) is 0.956. The number of halogens is 2. The van der Waals surface area contributed by atoms with Gasteiger partial charge in [0.15, 0.2) is 5.75 Å². The molecule has 0 aliphatic heterocycles. The smallest absolute Gasteiger partial charge is 0.387 e. The molecule has 0 aliphatic carbocycles. The predicted octanol–water partition coefficient (Wildman–Crippen LogP) is 2.26. The number of aliphatic imine (C=N–C) groups is 1. The van der Waals surface area contributed by atoms with Gasteiger partial charge in [-0.3, -0.25) is 0 Å². The summed E-state index contributed by atoms with van der Waals surface area (Å²) in [5.74, 6) is 0.180. The summed E-state index contributed by atoms with van der Waals surface area (Å²) >= 11 is 0. The summed E-state index contributed by atoms with van der Waals surface area (Å²) in [7, 11) is 1.40. The van der Waals surface area contributed by atoms with Gasteiger partial charge in [0.2, 0.25) is 6.08 Å². The Morgan fingerprint density at radius 1 is 1.47 bits per heavy atom. The number of rotatable bonds is 4. The van der Waals surface area contributed by atoms with Gasteiger partial charge in [0.25, 0.3) is 0 Å². The minimum absolute atomic E-state index is 0.0512. The first kappa shape index (κ1) is 11.1. The van der Waals surface area contributed by atoms with Crippen molar-refractivity contribution >= 4 is 11.8 Å². The van der Waals surface area contributed by atoms with E-state index in [1.54, 1.807) is 0 Å². The van der Waals surface area contributed by atoms with Crippen molar-refractivity contribution in [3.05, 3.63) is 18.2 Å². The van der Waals surface area contributed by atoms with E-state index < -0.39 is 6.61 Å². The van der Waals surface area contributed by atoms with Crippen LogP contribution in [0.1, 0.15) is 0 Å². The summed E-state index contributed by atoms with van der Waals surface area (Å²) in [6.07, 6.45) is 1.24. The Labute approximate surface area is 84.1 Å². The van der Waals surface area contributed by atoms with Crippen molar-refractivity contribution in [1.82, 2.24) is 0 Å². The van der Waals surface area contributed by atoms with Gasteiger partial charge in [-0.05, 0) is 12.1 Å². The molecule has 1 aromatic rings. The molecule has 0 bridgehead atoms. The fraction of sp³-hybridized carbons (Fsp3) is 0.222. The molecular weight excluding hydrogens is 208 g/mol. The van der Waals surface area contributed by atoms with Crippen LogP contribution in [0.15, 0.2) is 23.2 Å². The van der Waals surface area contributed by atoms with Gasteiger partial charge in [0.05, 0.1) is 7.11 Å². The zero-order valence-corrected chi connectivity index (χ0v) is 7.74. The molecule has 0 unspecified atom stereocenters. The second-order valence-corrected chi connectivity index (χ2v) is 2.42. The van der Waals surface area contributed by atoms with Crippen molar-refractivity contribution in [2.45, 2.75) is 6.61 Å². The predicted molar refractivity (Wildman–Crippen MR) is 47.4 cm³/mol. The van der Waals surface area contributed by atoms with Crippen LogP contribution in [0.4, 0.5) is 14.5 Å². The van der Waals surface area contributed by atoms with Crippen molar-refractivity contribution in [1.29, 1.82) is 0 Å². The molecule has 4 nitrogen and oxygen atoms in total. The number of methoxy groups -OCH3 is 1. The zero-order chi connectivity index (χ0) is 11.3. The van der Waals surface area contributed by atoms with Crippen molar-refractivity contribution < 1.29 is 23.0 Å². The van der Waals surface area contributed by atoms with Gasteiger partial charge in [-0.25, -0.2) is 4.79 Å². The van der Waals surface area contributed by atoms with Gasteiger partial charge in [-0.15, -0.1) is 0 Å². The number of ether oxygens (including phenoxy) is 2. The number of carbonyl (C=O) groups excluding carboxylic acids is 1. The fourth-order valence-corrected chi connectivity index (χ4v) is 0.956. The molecule has 0 aromatic heterocycles. The third kappa shape index (κ3) is 3.03. The number of nitrogens with zero attached hydrogens (tertiary/aromatic N) is 1. The molecule has 0 fully saturated rings. The Balaban J connectivity index is 3.08. The van der Waals surface area contributed by atoms with E-state index in [0.29, 0.717) is 5.75 Å². The van der Waals surface area contributed by atoms with Gasteiger partial charge in [0.1, 0.15) is 11.4 Å². The SMILES string of the molecule is COc1ccc(OC(F)F)c(N=C=O)c1. The Morgan fingerprint density at radius 3 is 2.73 bits per heavy atom. The van der Waals surface area contributed by atoms with Gasteiger partial charge in [-0.1, -0.05) is 0 Å². The second-order valence-electron chi connectivity index (χ2n) is 2.42. The molecule has 0 spiro atoms. The molecule has 6 heteroatoms. The molecule has 0 heterocycles. The Bertz CT molecular complexity index is 389. The highest BCUT2D eigenvalue weighted by molar-refractivity contribution is 5.60. The number of isocyanates is 1. The first-order valence-electron chi connectivity index (χ1n) is 3.88. The summed E-state index contributed by atoms with van der Waals surface area (Å²) in [4.78, 5) is 13.3. The van der Waals surface area contributed by atoms with Crippen LogP contribution in [0.2, 0.25) is 0 Å². The maximum absolute atomic E-state index is 11.9. The maximum atomic E-state index is 11.9. The van der Waals surface area contributed by atoms with Crippen LogP contribution >= 0.6 is 0 Å². The van der Waals surface area contributed by atoms with E-state index >= 15 is 0 Å². The molecule has 80 valence electrons. The quantitative estimate of drug-likeness (QED) is 0.571. The third-order valence-corrected chi connectivity index (χ3v) is 1.55. The lowest BCUT2D eigenvalue weighted by Gasteiger charge is -2.07. The van der Waals surface area contributed by atoms with Gasteiger partial charge >= 0.3 is 6.61 Å². The number of benzene rings is 1. The van der Waals surface area contributed by atoms with Gasteiger partial charge < -0.3 is 9.47 Å². The monoisotopic (exact) mass is 215 g/mol. The van der Waals surface area contributed by atoms with Crippen molar-refractivity contribution in [3.8, 4) is 11.5 Å². The first-order chi connectivity index (χ1) is 7.17. The molecule has 0 saturated heterocycles. The van der Waals surface area contributed by atoms with Crippen molar-refractivity contribution in [3.63, 3.8) is 0 Å². The van der Waals surface area contributed by atoms with Crippen LogP contribution in [-0.4, -0.2) is 19.8 Å². The summed E-state index contributed by atoms with van der Waals surface area (Å²) < 4.78 is 32.8. The first-order valence-corrected chi connectivity index (χ1v) is 3.88. The van der Waals surface area contributed by atoms with E-state index in [0.717, 1.165) is 0 Å². The molecular formula is C9H7F2NO3. The van der Waals surface area contributed by atoms with Crippen LogP contribution in [0.25, 0.3) is 0 Å². The Morgan fingerprint density at radius 2 is 2.20 bits per heavy atom. The van der Waals surface area contributed by atoms with Gasteiger partial charge in [-0.2, -0.15) is 13.8 Å². The highest BCUT2D eigenvalue weighted by Gasteiger charge is 2.10. The topological polar surface area (TPSA) is 47.9 Å². The minimum Gasteiger partial charge on any atom is -0.497 e. The van der Waals surface area contributed by atoms with E-state index in [1.807, 2.05) is 0 Å². The lowest BCUT2D eigenvalue weighted by molar-refractivity contribution is -0.0494. The maximum Gasteiger partial charge on any atom is 0.387 e. The molecule has 0 saturated carbocycles. The van der Waals surface area contributed by atoms with Crippen molar-refractivity contribution in [2.24, 2.45) is 4.99 Å². The highest BCUT2D eigenvalue weighted by atomic mass is 19.3. The second kappa shape index (κ2) is 5.07. The lowest BCUT2D eigenvalue weighted by Crippen LogP contribution is -2.02. The number of alkyl halides is 2. The average Bonchev–Trinajstić information content (AvgIpc) is 2.20. The number of hydrogen-bond acceptors (Lipinski definition) is 4.